The van der Waals surface area contributed by atoms with Crippen LogP contribution in [0.1, 0.15) is 64.8 Å². The lowest BCUT2D eigenvalue weighted by atomic mass is 10.1. The van der Waals surface area contributed by atoms with Crippen LogP contribution >= 0.6 is 11.6 Å². The highest BCUT2D eigenvalue weighted by molar-refractivity contribution is 6.33. The standard InChI is InChI=1S/C29H33ClN2O4/c1-22-11-9-13-26(30)27(22)29(34)36-25-16-14-24(15-17-25)35-20-8-6-4-3-5-7-18-31-28(33)23-12-10-19-32(2)21-23/h9-17,19,21H,3-8,18,20H2,1-2H3/p+1. The number of rotatable bonds is 13. The van der Waals surface area contributed by atoms with E-state index in [2.05, 4.69) is 5.32 Å². The average molecular weight is 510 g/mol. The minimum absolute atomic E-state index is 0.0229. The van der Waals surface area contributed by atoms with Crippen LogP contribution in [-0.4, -0.2) is 25.0 Å². The van der Waals surface area contributed by atoms with Crippen LogP contribution in [0.5, 0.6) is 11.5 Å². The Morgan fingerprint density at radius 2 is 1.58 bits per heavy atom. The zero-order valence-corrected chi connectivity index (χ0v) is 21.7. The third-order valence-electron chi connectivity index (χ3n) is 5.79. The summed E-state index contributed by atoms with van der Waals surface area (Å²) in [7, 11) is 1.90. The minimum Gasteiger partial charge on any atom is -0.494 e. The number of hydrogen-bond acceptors (Lipinski definition) is 4. The van der Waals surface area contributed by atoms with Crippen molar-refractivity contribution in [1.82, 2.24) is 5.32 Å². The number of unbranched alkanes of at least 4 members (excludes halogenated alkanes) is 5. The second kappa shape index (κ2) is 14.2. The van der Waals surface area contributed by atoms with E-state index >= 15 is 0 Å². The van der Waals surface area contributed by atoms with Gasteiger partial charge in [0.25, 0.3) is 5.91 Å². The van der Waals surface area contributed by atoms with Crippen LogP contribution in [0.4, 0.5) is 0 Å². The molecule has 3 aromatic rings. The molecule has 0 aliphatic heterocycles. The predicted molar refractivity (Wildman–Crippen MR) is 141 cm³/mol. The largest absolute Gasteiger partial charge is 0.494 e. The molecular weight excluding hydrogens is 476 g/mol. The number of amides is 1. The number of benzene rings is 2. The lowest BCUT2D eigenvalue weighted by molar-refractivity contribution is -0.671. The number of carbonyl (C=O) groups is 2. The Bertz CT molecular complexity index is 1130. The van der Waals surface area contributed by atoms with E-state index in [-0.39, 0.29) is 5.91 Å². The molecule has 0 unspecified atom stereocenters. The number of carbonyl (C=O) groups excluding carboxylic acids is 2. The summed E-state index contributed by atoms with van der Waals surface area (Å²) in [6.07, 6.45) is 10.2. The summed E-state index contributed by atoms with van der Waals surface area (Å²) < 4.78 is 13.1. The first-order valence-electron chi connectivity index (χ1n) is 12.4. The third-order valence-corrected chi connectivity index (χ3v) is 6.10. The molecule has 0 fully saturated rings. The van der Waals surface area contributed by atoms with E-state index in [9.17, 15) is 9.59 Å². The Labute approximate surface area is 218 Å². The second-order valence-corrected chi connectivity index (χ2v) is 9.18. The molecule has 0 saturated carbocycles. The van der Waals surface area contributed by atoms with Crippen LogP contribution in [0.2, 0.25) is 5.02 Å². The quantitative estimate of drug-likeness (QED) is 0.136. The summed E-state index contributed by atoms with van der Waals surface area (Å²) in [5.41, 5.74) is 1.84. The molecule has 2 aromatic carbocycles. The number of hydrogen-bond donors (Lipinski definition) is 1. The van der Waals surface area contributed by atoms with Gasteiger partial charge in [0.1, 0.15) is 24.1 Å². The van der Waals surface area contributed by atoms with Gasteiger partial charge < -0.3 is 14.8 Å². The number of aryl methyl sites for hydroxylation is 2. The smallest absolute Gasteiger partial charge is 0.345 e. The molecule has 1 heterocycles. The van der Waals surface area contributed by atoms with Crippen molar-refractivity contribution in [3.63, 3.8) is 0 Å². The normalized spacial score (nSPS) is 10.6. The molecule has 0 bridgehead atoms. The van der Waals surface area contributed by atoms with Crippen LogP contribution in [0, 0.1) is 6.92 Å². The van der Waals surface area contributed by atoms with Gasteiger partial charge in [-0.3, -0.25) is 4.79 Å². The first-order valence-corrected chi connectivity index (χ1v) is 12.8. The lowest BCUT2D eigenvalue weighted by Gasteiger charge is -2.10. The van der Waals surface area contributed by atoms with Crippen LogP contribution in [0.3, 0.4) is 0 Å². The van der Waals surface area contributed by atoms with Crippen molar-refractivity contribution in [2.45, 2.75) is 45.4 Å². The molecule has 36 heavy (non-hydrogen) atoms. The van der Waals surface area contributed by atoms with E-state index in [1.165, 1.54) is 0 Å². The van der Waals surface area contributed by atoms with Gasteiger partial charge in [0.2, 0.25) is 0 Å². The van der Waals surface area contributed by atoms with Crippen LogP contribution in [0.15, 0.2) is 67.0 Å². The lowest BCUT2D eigenvalue weighted by Crippen LogP contribution is -2.31. The number of ether oxygens (including phenoxy) is 2. The molecule has 7 heteroatoms. The Kier molecular flexibility index (Phi) is 10.8. The van der Waals surface area contributed by atoms with E-state index < -0.39 is 5.97 Å². The summed E-state index contributed by atoms with van der Waals surface area (Å²) in [5, 5.41) is 3.36. The molecule has 0 aliphatic rings. The minimum atomic E-state index is -0.473. The van der Waals surface area contributed by atoms with Crippen molar-refractivity contribution >= 4 is 23.5 Å². The fraction of sp³-hybridized carbons (Fsp3) is 0.345. The van der Waals surface area contributed by atoms with Crippen molar-refractivity contribution in [3.8, 4) is 11.5 Å². The molecule has 0 atom stereocenters. The average Bonchev–Trinajstić information content (AvgIpc) is 2.86. The van der Waals surface area contributed by atoms with Crippen molar-refractivity contribution in [2.24, 2.45) is 7.05 Å². The molecule has 0 spiro atoms. The first kappa shape index (κ1) is 27.2. The monoisotopic (exact) mass is 509 g/mol. The second-order valence-electron chi connectivity index (χ2n) is 8.78. The Morgan fingerprint density at radius 1 is 0.889 bits per heavy atom. The maximum Gasteiger partial charge on any atom is 0.345 e. The molecule has 190 valence electrons. The van der Waals surface area contributed by atoms with Gasteiger partial charge in [0.15, 0.2) is 12.4 Å². The summed E-state index contributed by atoms with van der Waals surface area (Å²) in [4.78, 5) is 24.5. The van der Waals surface area contributed by atoms with E-state index in [0.29, 0.717) is 35.1 Å². The summed E-state index contributed by atoms with van der Waals surface area (Å²) in [6.45, 7) is 3.17. The number of aromatic nitrogens is 1. The number of pyridine rings is 1. The third kappa shape index (κ3) is 8.68. The van der Waals surface area contributed by atoms with Gasteiger partial charge >= 0.3 is 5.97 Å². The number of halogens is 1. The van der Waals surface area contributed by atoms with Crippen molar-refractivity contribution in [3.05, 3.63) is 88.7 Å². The molecule has 1 amide bonds. The first-order chi connectivity index (χ1) is 17.4. The van der Waals surface area contributed by atoms with E-state index in [1.54, 1.807) is 36.4 Å². The zero-order valence-electron chi connectivity index (χ0n) is 21.0. The maximum atomic E-state index is 12.4. The van der Waals surface area contributed by atoms with Gasteiger partial charge in [-0.15, -0.1) is 0 Å². The van der Waals surface area contributed by atoms with Gasteiger partial charge in [0, 0.05) is 12.6 Å². The molecule has 0 radical (unpaired) electrons. The highest BCUT2D eigenvalue weighted by atomic mass is 35.5. The fourth-order valence-corrected chi connectivity index (χ4v) is 4.10. The molecule has 1 aromatic heterocycles. The van der Waals surface area contributed by atoms with Crippen LogP contribution < -0.4 is 19.4 Å². The number of nitrogens with one attached hydrogen (secondary N) is 1. The van der Waals surface area contributed by atoms with Gasteiger partial charge in [-0.1, -0.05) is 49.4 Å². The predicted octanol–water partition coefficient (Wildman–Crippen LogP) is 5.84. The Balaban J connectivity index is 1.24. The fourth-order valence-electron chi connectivity index (χ4n) is 3.80. The van der Waals surface area contributed by atoms with E-state index in [4.69, 9.17) is 21.1 Å². The van der Waals surface area contributed by atoms with Crippen molar-refractivity contribution < 1.29 is 23.6 Å². The van der Waals surface area contributed by atoms with Crippen LogP contribution in [0.25, 0.3) is 0 Å². The molecule has 1 N–H and O–H groups in total. The van der Waals surface area contributed by atoms with E-state index in [0.717, 1.165) is 49.8 Å². The van der Waals surface area contributed by atoms with Gasteiger partial charge in [-0.2, -0.15) is 0 Å². The topological polar surface area (TPSA) is 68.5 Å². The van der Waals surface area contributed by atoms with Crippen molar-refractivity contribution in [2.75, 3.05) is 13.2 Å². The Hall–Kier alpha value is -3.38. The van der Waals surface area contributed by atoms with Gasteiger partial charge in [-0.05, 0) is 61.7 Å². The number of esters is 1. The van der Waals surface area contributed by atoms with Crippen LogP contribution in [-0.2, 0) is 7.05 Å². The maximum absolute atomic E-state index is 12.4. The molecule has 0 saturated heterocycles. The van der Waals surface area contributed by atoms with E-state index in [1.807, 2.05) is 49.1 Å². The summed E-state index contributed by atoms with van der Waals surface area (Å²) in [6, 6.07) is 16.0. The highest BCUT2D eigenvalue weighted by Crippen LogP contribution is 2.23. The Morgan fingerprint density at radius 3 is 2.31 bits per heavy atom. The zero-order chi connectivity index (χ0) is 25.8. The van der Waals surface area contributed by atoms with Crippen molar-refractivity contribution in [1.29, 1.82) is 0 Å². The van der Waals surface area contributed by atoms with Gasteiger partial charge in [0.05, 0.1) is 17.2 Å². The highest BCUT2D eigenvalue weighted by Gasteiger charge is 2.15. The summed E-state index contributed by atoms with van der Waals surface area (Å²) >= 11 is 6.14. The number of nitrogens with zero attached hydrogens (tertiary/aromatic N) is 1. The molecular formula is C29H34ClN2O4+. The molecule has 6 nitrogen and oxygen atoms in total. The SMILES string of the molecule is Cc1cccc(Cl)c1C(=O)Oc1ccc(OCCCCCCCCNC(=O)c2ccc[n+](C)c2)cc1. The molecule has 0 aliphatic carbocycles. The molecule has 3 rings (SSSR count). The van der Waals surface area contributed by atoms with Gasteiger partial charge in [-0.25, -0.2) is 9.36 Å². The summed E-state index contributed by atoms with van der Waals surface area (Å²) in [5.74, 6) is 0.692.